The van der Waals surface area contributed by atoms with Crippen LogP contribution < -0.4 is 4.74 Å². The lowest BCUT2D eigenvalue weighted by molar-refractivity contribution is 0.373. The zero-order valence-corrected chi connectivity index (χ0v) is 10.3. The van der Waals surface area contributed by atoms with E-state index in [1.807, 2.05) is 19.1 Å². The van der Waals surface area contributed by atoms with Crippen molar-refractivity contribution in [2.75, 3.05) is 7.11 Å². The lowest BCUT2D eigenvalue weighted by Gasteiger charge is -2.04. The Balaban J connectivity index is 2.32. The van der Waals surface area contributed by atoms with Crippen molar-refractivity contribution in [3.8, 4) is 11.5 Å². The van der Waals surface area contributed by atoms with Crippen LogP contribution >= 0.6 is 0 Å². The van der Waals surface area contributed by atoms with Gasteiger partial charge in [-0.05, 0) is 30.7 Å². The molecular weight excluding hydrogens is 228 g/mol. The van der Waals surface area contributed by atoms with E-state index in [1.165, 1.54) is 7.11 Å². The number of aliphatic imine (C=N–C) groups is 1. The zero-order chi connectivity index (χ0) is 13.0. The number of aromatic nitrogens is 1. The summed E-state index contributed by atoms with van der Waals surface area (Å²) in [4.78, 5) is 8.42. The molecule has 0 atom stereocenters. The Morgan fingerprint density at radius 2 is 2.11 bits per heavy atom. The molecule has 1 N–H and O–H groups in total. The molecule has 0 fully saturated rings. The third-order valence-electron chi connectivity index (χ3n) is 2.56. The van der Waals surface area contributed by atoms with Crippen molar-refractivity contribution >= 4 is 12.0 Å². The normalized spacial score (nSPS) is 10.8. The number of nitrogens with zero attached hydrogens (tertiary/aromatic N) is 2. The van der Waals surface area contributed by atoms with Gasteiger partial charge in [-0.15, -0.1) is 0 Å². The predicted molar refractivity (Wildman–Crippen MR) is 70.9 cm³/mol. The van der Waals surface area contributed by atoms with Gasteiger partial charge < -0.3 is 9.84 Å². The van der Waals surface area contributed by atoms with Crippen molar-refractivity contribution in [1.82, 2.24) is 4.98 Å². The van der Waals surface area contributed by atoms with E-state index in [0.717, 1.165) is 5.56 Å². The standard InChI is InChI=1S/C14H14N2O2/c1-10-5-4-8-15-14(10)16-9-11-6-3-7-12(18-2)13(11)17/h3-9,17H,1-2H3. The van der Waals surface area contributed by atoms with E-state index < -0.39 is 0 Å². The van der Waals surface area contributed by atoms with E-state index >= 15 is 0 Å². The topological polar surface area (TPSA) is 54.7 Å². The van der Waals surface area contributed by atoms with E-state index in [4.69, 9.17) is 4.74 Å². The van der Waals surface area contributed by atoms with Crippen LogP contribution in [0.4, 0.5) is 5.82 Å². The van der Waals surface area contributed by atoms with Gasteiger partial charge in [0.2, 0.25) is 0 Å². The molecule has 4 heteroatoms. The highest BCUT2D eigenvalue weighted by atomic mass is 16.5. The van der Waals surface area contributed by atoms with Crippen molar-refractivity contribution in [2.45, 2.75) is 6.92 Å². The fourth-order valence-corrected chi connectivity index (χ4v) is 1.55. The molecule has 2 aromatic rings. The third-order valence-corrected chi connectivity index (χ3v) is 2.56. The Labute approximate surface area is 106 Å². The molecule has 4 nitrogen and oxygen atoms in total. The summed E-state index contributed by atoms with van der Waals surface area (Å²) in [6.45, 7) is 1.94. The zero-order valence-electron chi connectivity index (χ0n) is 10.3. The second-order valence-electron chi connectivity index (χ2n) is 3.80. The van der Waals surface area contributed by atoms with E-state index in [1.54, 1.807) is 30.6 Å². The number of benzene rings is 1. The minimum atomic E-state index is 0.0809. The van der Waals surface area contributed by atoms with Gasteiger partial charge in [0.25, 0.3) is 0 Å². The Hall–Kier alpha value is -2.36. The Morgan fingerprint density at radius 1 is 1.28 bits per heavy atom. The molecule has 1 aromatic heterocycles. The summed E-state index contributed by atoms with van der Waals surface area (Å²) in [6.07, 6.45) is 3.26. The summed E-state index contributed by atoms with van der Waals surface area (Å²) < 4.78 is 5.03. The van der Waals surface area contributed by atoms with Crippen LogP contribution in [0, 0.1) is 6.92 Å². The minimum Gasteiger partial charge on any atom is -0.504 e. The first-order valence-electron chi connectivity index (χ1n) is 5.54. The number of pyridine rings is 1. The Kier molecular flexibility index (Phi) is 3.57. The molecule has 18 heavy (non-hydrogen) atoms. The van der Waals surface area contributed by atoms with Gasteiger partial charge in [0, 0.05) is 18.0 Å². The van der Waals surface area contributed by atoms with E-state index in [-0.39, 0.29) is 5.75 Å². The summed E-state index contributed by atoms with van der Waals surface area (Å²) >= 11 is 0. The summed E-state index contributed by atoms with van der Waals surface area (Å²) in [5, 5.41) is 9.90. The molecule has 1 heterocycles. The quantitative estimate of drug-likeness (QED) is 0.842. The maximum Gasteiger partial charge on any atom is 0.166 e. The van der Waals surface area contributed by atoms with Crippen LogP contribution in [-0.4, -0.2) is 23.4 Å². The molecule has 0 saturated heterocycles. The maximum atomic E-state index is 9.90. The number of rotatable bonds is 3. The van der Waals surface area contributed by atoms with Crippen LogP contribution in [0.25, 0.3) is 0 Å². The average Bonchev–Trinajstić information content (AvgIpc) is 2.39. The molecule has 0 spiro atoms. The number of para-hydroxylation sites is 1. The lowest BCUT2D eigenvalue weighted by atomic mass is 10.2. The van der Waals surface area contributed by atoms with E-state index in [2.05, 4.69) is 9.98 Å². The summed E-state index contributed by atoms with van der Waals surface area (Å²) in [5.74, 6) is 1.15. The van der Waals surface area contributed by atoms with Crippen LogP contribution in [-0.2, 0) is 0 Å². The van der Waals surface area contributed by atoms with Crippen LogP contribution in [0.2, 0.25) is 0 Å². The van der Waals surface area contributed by atoms with Crippen LogP contribution in [0.5, 0.6) is 11.5 Å². The molecule has 0 aliphatic carbocycles. The first-order chi connectivity index (χ1) is 8.72. The molecule has 0 aliphatic heterocycles. The van der Waals surface area contributed by atoms with Gasteiger partial charge in [0.1, 0.15) is 0 Å². The van der Waals surface area contributed by atoms with Crippen molar-refractivity contribution < 1.29 is 9.84 Å². The average molecular weight is 242 g/mol. The molecule has 0 saturated carbocycles. The maximum absolute atomic E-state index is 9.90. The summed E-state index contributed by atoms with van der Waals surface area (Å²) in [5.41, 5.74) is 1.58. The third kappa shape index (κ3) is 2.48. The Morgan fingerprint density at radius 3 is 2.83 bits per heavy atom. The second-order valence-corrected chi connectivity index (χ2v) is 3.80. The molecule has 0 amide bonds. The number of hydrogen-bond donors (Lipinski definition) is 1. The SMILES string of the molecule is COc1cccc(C=Nc2ncccc2C)c1O. The van der Waals surface area contributed by atoms with Crippen LogP contribution in [0.1, 0.15) is 11.1 Å². The van der Waals surface area contributed by atoms with Crippen molar-refractivity contribution in [3.63, 3.8) is 0 Å². The van der Waals surface area contributed by atoms with Gasteiger partial charge >= 0.3 is 0 Å². The first-order valence-corrected chi connectivity index (χ1v) is 5.54. The number of methoxy groups -OCH3 is 1. The molecule has 1 aromatic carbocycles. The fourth-order valence-electron chi connectivity index (χ4n) is 1.55. The second kappa shape index (κ2) is 5.31. The molecule has 0 aliphatic rings. The highest BCUT2D eigenvalue weighted by Gasteiger charge is 2.05. The van der Waals surface area contributed by atoms with Crippen molar-refractivity contribution in [3.05, 3.63) is 47.7 Å². The van der Waals surface area contributed by atoms with Gasteiger partial charge in [0.05, 0.1) is 7.11 Å². The van der Waals surface area contributed by atoms with Gasteiger partial charge in [-0.3, -0.25) is 0 Å². The molecule has 0 bridgehead atoms. The van der Waals surface area contributed by atoms with Crippen molar-refractivity contribution in [2.24, 2.45) is 4.99 Å². The van der Waals surface area contributed by atoms with Gasteiger partial charge in [-0.2, -0.15) is 0 Å². The first kappa shape index (κ1) is 12.1. The van der Waals surface area contributed by atoms with Gasteiger partial charge in [-0.25, -0.2) is 9.98 Å². The molecule has 92 valence electrons. The molecule has 0 unspecified atom stereocenters. The lowest BCUT2D eigenvalue weighted by Crippen LogP contribution is -1.88. The largest absolute Gasteiger partial charge is 0.504 e. The fraction of sp³-hybridized carbons (Fsp3) is 0.143. The molecular formula is C14H14N2O2. The number of ether oxygens (including phenoxy) is 1. The summed E-state index contributed by atoms with van der Waals surface area (Å²) in [6, 6.07) is 9.05. The summed E-state index contributed by atoms with van der Waals surface area (Å²) in [7, 11) is 1.51. The molecule has 2 rings (SSSR count). The highest BCUT2D eigenvalue weighted by molar-refractivity contribution is 5.86. The number of aryl methyl sites for hydroxylation is 1. The Bertz CT molecular complexity index is 580. The number of phenolic OH excluding ortho intramolecular Hbond substituents is 1. The van der Waals surface area contributed by atoms with E-state index in [9.17, 15) is 5.11 Å². The minimum absolute atomic E-state index is 0.0809. The van der Waals surface area contributed by atoms with Crippen LogP contribution in [0.15, 0.2) is 41.5 Å². The molecule has 0 radical (unpaired) electrons. The predicted octanol–water partition coefficient (Wildman–Crippen LogP) is 2.85. The van der Waals surface area contributed by atoms with Crippen LogP contribution in [0.3, 0.4) is 0 Å². The number of aromatic hydroxyl groups is 1. The smallest absolute Gasteiger partial charge is 0.166 e. The monoisotopic (exact) mass is 242 g/mol. The highest BCUT2D eigenvalue weighted by Crippen LogP contribution is 2.28. The van der Waals surface area contributed by atoms with Crippen molar-refractivity contribution in [1.29, 1.82) is 0 Å². The van der Waals surface area contributed by atoms with Gasteiger partial charge in [0.15, 0.2) is 17.3 Å². The van der Waals surface area contributed by atoms with Gasteiger partial charge in [-0.1, -0.05) is 12.1 Å². The van der Waals surface area contributed by atoms with E-state index in [0.29, 0.717) is 17.1 Å². The number of hydrogen-bond acceptors (Lipinski definition) is 4. The number of phenols is 1.